The topological polar surface area (TPSA) is 78.9 Å². The van der Waals surface area contributed by atoms with Crippen molar-refractivity contribution in [1.29, 1.82) is 0 Å². The Morgan fingerprint density at radius 3 is 0.548 bits per heavy atom. The van der Waals surface area contributed by atoms with E-state index < -0.39 is 6.10 Å². The molecule has 73 heavy (non-hydrogen) atoms. The van der Waals surface area contributed by atoms with Gasteiger partial charge >= 0.3 is 17.9 Å². The molecule has 0 amide bonds. The van der Waals surface area contributed by atoms with E-state index >= 15 is 0 Å². The molecule has 0 aliphatic heterocycles. The molecule has 434 valence electrons. The Hall–Kier alpha value is -1.59. The van der Waals surface area contributed by atoms with Gasteiger partial charge in [-0.15, -0.1) is 0 Å². The van der Waals surface area contributed by atoms with Crippen LogP contribution in [0.5, 0.6) is 0 Å². The first-order valence-corrected chi connectivity index (χ1v) is 33.5. The molecule has 0 saturated heterocycles. The highest BCUT2D eigenvalue weighted by molar-refractivity contribution is 5.71. The summed E-state index contributed by atoms with van der Waals surface area (Å²) in [7, 11) is 0. The summed E-state index contributed by atoms with van der Waals surface area (Å²) < 4.78 is 17.0. The van der Waals surface area contributed by atoms with Gasteiger partial charge in [-0.3, -0.25) is 14.4 Å². The number of unbranched alkanes of at least 4 members (excludes halogenated alkanes) is 52. The van der Waals surface area contributed by atoms with Gasteiger partial charge in [-0.25, -0.2) is 0 Å². The van der Waals surface area contributed by atoms with Crippen LogP contribution in [-0.4, -0.2) is 37.2 Å². The smallest absolute Gasteiger partial charge is 0.306 e. The monoisotopic (exact) mass is 1030 g/mol. The van der Waals surface area contributed by atoms with Crippen molar-refractivity contribution in [3.05, 3.63) is 0 Å². The molecule has 0 rings (SSSR count). The van der Waals surface area contributed by atoms with E-state index in [0.717, 1.165) is 57.8 Å². The normalized spacial score (nSPS) is 11.9. The van der Waals surface area contributed by atoms with Crippen LogP contribution >= 0.6 is 0 Å². The minimum absolute atomic E-state index is 0.0604. The van der Waals surface area contributed by atoms with E-state index in [9.17, 15) is 14.4 Å². The lowest BCUT2D eigenvalue weighted by atomic mass is 10.0. The van der Waals surface area contributed by atoms with Crippen molar-refractivity contribution < 1.29 is 28.6 Å². The summed E-state index contributed by atoms with van der Waals surface area (Å²) in [5, 5.41) is 0. The van der Waals surface area contributed by atoms with Gasteiger partial charge in [-0.1, -0.05) is 355 Å². The predicted octanol–water partition coefficient (Wildman–Crippen LogP) is 22.7. The van der Waals surface area contributed by atoms with Crippen LogP contribution in [-0.2, 0) is 28.6 Å². The maximum absolute atomic E-state index is 12.9. The number of hydrogen-bond donors (Lipinski definition) is 0. The van der Waals surface area contributed by atoms with Gasteiger partial charge in [0, 0.05) is 19.3 Å². The Balaban J connectivity index is 4.22. The molecule has 6 heteroatoms. The summed E-state index contributed by atoms with van der Waals surface area (Å²) in [5.41, 5.74) is 0. The summed E-state index contributed by atoms with van der Waals surface area (Å²) in [4.78, 5) is 38.3. The van der Waals surface area contributed by atoms with Crippen molar-refractivity contribution in [2.45, 2.75) is 399 Å². The summed E-state index contributed by atoms with van der Waals surface area (Å²) in [5.74, 6) is -0.823. The molecule has 0 fully saturated rings. The van der Waals surface area contributed by atoms with Crippen molar-refractivity contribution in [3.8, 4) is 0 Å². The van der Waals surface area contributed by atoms with Gasteiger partial charge in [0.2, 0.25) is 0 Å². The molecule has 0 bridgehead atoms. The molecule has 0 N–H and O–H groups in total. The third kappa shape index (κ3) is 61.1. The fourth-order valence-corrected chi connectivity index (χ4v) is 10.6. The Bertz CT molecular complexity index is 1090. The molecule has 0 aromatic rings. The van der Waals surface area contributed by atoms with Gasteiger partial charge in [0.05, 0.1) is 0 Å². The van der Waals surface area contributed by atoms with Gasteiger partial charge in [0.1, 0.15) is 13.2 Å². The zero-order valence-electron chi connectivity index (χ0n) is 50.0. The van der Waals surface area contributed by atoms with Gasteiger partial charge in [0.25, 0.3) is 0 Å². The molecule has 0 aliphatic rings. The van der Waals surface area contributed by atoms with Crippen LogP contribution in [0.3, 0.4) is 0 Å². The third-order valence-electron chi connectivity index (χ3n) is 15.6. The van der Waals surface area contributed by atoms with Crippen LogP contribution in [0.1, 0.15) is 393 Å². The average Bonchev–Trinajstić information content (AvgIpc) is 3.39. The fraction of sp³-hybridized carbons (Fsp3) is 0.955. The van der Waals surface area contributed by atoms with Crippen LogP contribution in [0, 0.1) is 0 Å². The lowest BCUT2D eigenvalue weighted by Gasteiger charge is -2.18. The number of hydrogen-bond acceptors (Lipinski definition) is 6. The minimum Gasteiger partial charge on any atom is -0.462 e. The van der Waals surface area contributed by atoms with Gasteiger partial charge in [-0.2, -0.15) is 0 Å². The number of esters is 3. The first-order valence-electron chi connectivity index (χ1n) is 33.5. The van der Waals surface area contributed by atoms with E-state index in [1.54, 1.807) is 0 Å². The van der Waals surface area contributed by atoms with Crippen LogP contribution in [0.4, 0.5) is 0 Å². The molecule has 0 radical (unpaired) electrons. The maximum atomic E-state index is 12.9. The molecule has 0 aromatic carbocycles. The van der Waals surface area contributed by atoms with Crippen molar-refractivity contribution in [3.63, 3.8) is 0 Å². The van der Waals surface area contributed by atoms with Crippen LogP contribution in [0.2, 0.25) is 0 Å². The fourth-order valence-electron chi connectivity index (χ4n) is 10.6. The van der Waals surface area contributed by atoms with Crippen molar-refractivity contribution in [2.24, 2.45) is 0 Å². The van der Waals surface area contributed by atoms with Crippen LogP contribution in [0.25, 0.3) is 0 Å². The van der Waals surface area contributed by atoms with E-state index in [2.05, 4.69) is 20.8 Å². The third-order valence-corrected chi connectivity index (χ3v) is 15.6. The van der Waals surface area contributed by atoms with Crippen molar-refractivity contribution >= 4 is 17.9 Å². The number of ether oxygens (including phenoxy) is 3. The molecule has 1 atom stereocenters. The van der Waals surface area contributed by atoms with Crippen LogP contribution < -0.4 is 0 Å². The first-order chi connectivity index (χ1) is 36.0. The zero-order chi connectivity index (χ0) is 52.9. The number of carbonyl (C=O) groups is 3. The van der Waals surface area contributed by atoms with E-state index in [1.807, 2.05) is 0 Å². The van der Waals surface area contributed by atoms with Gasteiger partial charge in [-0.05, 0) is 19.3 Å². The largest absolute Gasteiger partial charge is 0.462 e. The standard InChI is InChI=1S/C67H130O6/c1-4-7-10-13-16-19-22-25-27-29-31-33-35-37-39-42-45-48-51-54-57-60-66(69)72-63-64(62-71-65(68)59-56-53-50-47-44-41-24-21-18-15-12-9-6-3)73-67(70)61-58-55-52-49-46-43-40-38-36-34-32-30-28-26-23-20-17-14-11-8-5-2/h64H,4-63H2,1-3H3. The summed E-state index contributed by atoms with van der Waals surface area (Å²) in [6, 6.07) is 0. The Morgan fingerprint density at radius 2 is 0.370 bits per heavy atom. The number of carbonyl (C=O) groups excluding carboxylic acids is 3. The summed E-state index contributed by atoms with van der Waals surface area (Å²) >= 11 is 0. The zero-order valence-corrected chi connectivity index (χ0v) is 50.0. The van der Waals surface area contributed by atoms with Gasteiger partial charge < -0.3 is 14.2 Å². The van der Waals surface area contributed by atoms with E-state index in [0.29, 0.717) is 19.3 Å². The molecular weight excluding hydrogens is 901 g/mol. The molecule has 0 aromatic heterocycles. The summed E-state index contributed by atoms with van der Waals surface area (Å²) in [6.07, 6.45) is 72.6. The highest BCUT2D eigenvalue weighted by Crippen LogP contribution is 2.19. The molecule has 0 aliphatic carbocycles. The van der Waals surface area contributed by atoms with E-state index in [1.165, 1.54) is 295 Å². The molecule has 0 spiro atoms. The molecule has 0 saturated carbocycles. The van der Waals surface area contributed by atoms with Gasteiger partial charge in [0.15, 0.2) is 6.10 Å². The highest BCUT2D eigenvalue weighted by atomic mass is 16.6. The molecular formula is C67H130O6. The van der Waals surface area contributed by atoms with E-state index in [-0.39, 0.29) is 31.1 Å². The lowest BCUT2D eigenvalue weighted by Crippen LogP contribution is -2.30. The Labute approximate surface area is 457 Å². The first kappa shape index (κ1) is 71.4. The second kappa shape index (κ2) is 62.9. The van der Waals surface area contributed by atoms with Crippen molar-refractivity contribution in [1.82, 2.24) is 0 Å². The van der Waals surface area contributed by atoms with Crippen LogP contribution in [0.15, 0.2) is 0 Å². The molecule has 6 nitrogen and oxygen atoms in total. The lowest BCUT2D eigenvalue weighted by molar-refractivity contribution is -0.167. The maximum Gasteiger partial charge on any atom is 0.306 e. The van der Waals surface area contributed by atoms with Crippen molar-refractivity contribution in [2.75, 3.05) is 13.2 Å². The molecule has 1 unspecified atom stereocenters. The summed E-state index contributed by atoms with van der Waals surface area (Å²) in [6.45, 7) is 6.73. The average molecular weight is 1030 g/mol. The quantitative estimate of drug-likeness (QED) is 0.0343. The highest BCUT2D eigenvalue weighted by Gasteiger charge is 2.19. The Kier molecular flexibility index (Phi) is 61.6. The predicted molar refractivity (Wildman–Crippen MR) is 317 cm³/mol. The minimum atomic E-state index is -0.762. The Morgan fingerprint density at radius 1 is 0.219 bits per heavy atom. The van der Waals surface area contributed by atoms with E-state index in [4.69, 9.17) is 14.2 Å². The molecule has 0 heterocycles. The SMILES string of the molecule is CCCCCCCCCCCCCCCCCCCCCCCC(=O)OCC(COC(=O)CCCCCCCCCCCCCCC)OC(=O)CCCCCCCCCCCCCCCCCCCCCCC. The number of rotatable bonds is 63. The second-order valence-corrected chi connectivity index (χ2v) is 23.1. The second-order valence-electron chi connectivity index (χ2n) is 23.1.